The molecule has 3 aliphatic rings. The van der Waals surface area contributed by atoms with Gasteiger partial charge in [-0.2, -0.15) is 0 Å². The van der Waals surface area contributed by atoms with E-state index < -0.39 is 0 Å². The first kappa shape index (κ1) is 11.1. The summed E-state index contributed by atoms with van der Waals surface area (Å²) in [7, 11) is 0. The van der Waals surface area contributed by atoms with Crippen molar-refractivity contribution in [1.29, 1.82) is 0 Å². The maximum atomic E-state index is 2.59. The molecule has 3 aliphatic carbocycles. The smallest absolute Gasteiger partial charge is 0.0105 e. The lowest BCUT2D eigenvalue weighted by Gasteiger charge is -2.58. The van der Waals surface area contributed by atoms with Crippen LogP contribution in [-0.4, -0.2) is 0 Å². The standard InChI is InChI=1S/C18H24/c1-4-12-16(2)17(3)14-10-11-15(14)18(16,17)13-8-6-5-7-9-13/h5-9,14-15H,4,10-12H2,1-3H3/t14-,15-,16+,17-,18+/m0/s1. The van der Waals surface area contributed by atoms with Crippen molar-refractivity contribution in [3.05, 3.63) is 35.9 Å². The van der Waals surface area contributed by atoms with Crippen LogP contribution < -0.4 is 0 Å². The molecule has 5 atom stereocenters. The second-order valence-electron chi connectivity index (χ2n) is 7.25. The van der Waals surface area contributed by atoms with E-state index in [1.807, 2.05) is 0 Å². The molecule has 96 valence electrons. The predicted molar refractivity (Wildman–Crippen MR) is 75.5 cm³/mol. The highest BCUT2D eigenvalue weighted by Gasteiger charge is 2.95. The van der Waals surface area contributed by atoms with Crippen molar-refractivity contribution >= 4 is 0 Å². The summed E-state index contributed by atoms with van der Waals surface area (Å²) in [4.78, 5) is 0. The first-order valence-corrected chi connectivity index (χ1v) is 7.70. The molecule has 0 radical (unpaired) electrons. The molecule has 0 unspecified atom stereocenters. The van der Waals surface area contributed by atoms with E-state index in [0.29, 0.717) is 16.2 Å². The molecule has 0 bridgehead atoms. The van der Waals surface area contributed by atoms with Crippen molar-refractivity contribution in [3.8, 4) is 0 Å². The van der Waals surface area contributed by atoms with Crippen molar-refractivity contribution in [3.63, 3.8) is 0 Å². The fraction of sp³-hybridized carbons (Fsp3) is 0.667. The molecular weight excluding hydrogens is 216 g/mol. The van der Waals surface area contributed by atoms with Crippen molar-refractivity contribution in [2.45, 2.75) is 51.9 Å². The maximum absolute atomic E-state index is 2.59. The van der Waals surface area contributed by atoms with E-state index in [2.05, 4.69) is 51.1 Å². The molecule has 1 aromatic rings. The van der Waals surface area contributed by atoms with Crippen LogP contribution in [0.5, 0.6) is 0 Å². The summed E-state index contributed by atoms with van der Waals surface area (Å²) in [5.74, 6) is 2.04. The van der Waals surface area contributed by atoms with Gasteiger partial charge in [0.15, 0.2) is 0 Å². The molecule has 1 aromatic carbocycles. The summed E-state index contributed by atoms with van der Waals surface area (Å²) in [6, 6.07) is 11.4. The first-order valence-electron chi connectivity index (χ1n) is 7.70. The second-order valence-corrected chi connectivity index (χ2v) is 7.25. The predicted octanol–water partition coefficient (Wildman–Crippen LogP) is 4.79. The Hall–Kier alpha value is -0.780. The Morgan fingerprint density at radius 2 is 1.72 bits per heavy atom. The van der Waals surface area contributed by atoms with Crippen LogP contribution in [0.2, 0.25) is 0 Å². The average Bonchev–Trinajstić information content (AvgIpc) is 2.69. The third kappa shape index (κ3) is 0.770. The summed E-state index contributed by atoms with van der Waals surface area (Å²) in [6.07, 6.45) is 5.72. The van der Waals surface area contributed by atoms with Gasteiger partial charge in [0.1, 0.15) is 0 Å². The van der Waals surface area contributed by atoms with E-state index in [1.165, 1.54) is 25.7 Å². The van der Waals surface area contributed by atoms with E-state index in [-0.39, 0.29) is 0 Å². The number of hydrogen-bond acceptors (Lipinski definition) is 0. The van der Waals surface area contributed by atoms with Crippen LogP contribution in [0.4, 0.5) is 0 Å². The van der Waals surface area contributed by atoms with Crippen LogP contribution in [0, 0.1) is 22.7 Å². The Kier molecular flexibility index (Phi) is 1.86. The van der Waals surface area contributed by atoms with Gasteiger partial charge in [-0.15, -0.1) is 0 Å². The molecule has 0 heteroatoms. The van der Waals surface area contributed by atoms with Gasteiger partial charge < -0.3 is 0 Å². The summed E-state index contributed by atoms with van der Waals surface area (Å²) in [5, 5.41) is 0. The van der Waals surface area contributed by atoms with Crippen molar-refractivity contribution in [2.24, 2.45) is 22.7 Å². The highest BCUT2D eigenvalue weighted by molar-refractivity contribution is 5.55. The minimum Gasteiger partial charge on any atom is -0.0654 e. The minimum atomic E-state index is 0.542. The van der Waals surface area contributed by atoms with E-state index in [0.717, 1.165) is 11.8 Å². The molecule has 0 N–H and O–H groups in total. The molecule has 18 heavy (non-hydrogen) atoms. The highest BCUT2D eigenvalue weighted by atomic mass is 15.0. The highest BCUT2D eigenvalue weighted by Crippen LogP contribution is 2.97. The molecule has 4 rings (SSSR count). The molecule has 3 fully saturated rings. The Labute approximate surface area is 111 Å². The van der Waals surface area contributed by atoms with E-state index in [4.69, 9.17) is 0 Å². The lowest BCUT2D eigenvalue weighted by atomic mass is 9.46. The van der Waals surface area contributed by atoms with Crippen LogP contribution in [0.3, 0.4) is 0 Å². The number of rotatable bonds is 3. The topological polar surface area (TPSA) is 0 Å². The molecule has 0 aromatic heterocycles. The Bertz CT molecular complexity index is 490. The van der Waals surface area contributed by atoms with Gasteiger partial charge in [-0.25, -0.2) is 0 Å². The largest absolute Gasteiger partial charge is 0.0654 e. The SMILES string of the molecule is CCC[C@]1(C)[C@]2(C)[C@H]3CC[C@@H]3[C@]12c1ccccc1. The van der Waals surface area contributed by atoms with Crippen LogP contribution in [-0.2, 0) is 5.41 Å². The maximum Gasteiger partial charge on any atom is 0.0105 e. The Morgan fingerprint density at radius 3 is 2.28 bits per heavy atom. The fourth-order valence-corrected chi connectivity index (χ4v) is 6.65. The second kappa shape index (κ2) is 3.03. The van der Waals surface area contributed by atoms with E-state index >= 15 is 0 Å². The fourth-order valence-electron chi connectivity index (χ4n) is 6.65. The molecule has 0 saturated heterocycles. The molecule has 3 saturated carbocycles. The zero-order valence-corrected chi connectivity index (χ0v) is 11.9. The van der Waals surface area contributed by atoms with Crippen LogP contribution in [0.25, 0.3) is 0 Å². The third-order valence-corrected chi connectivity index (χ3v) is 7.32. The lowest BCUT2D eigenvalue weighted by Crippen LogP contribution is -2.54. The summed E-state index contributed by atoms with van der Waals surface area (Å²) in [5.41, 5.74) is 3.37. The molecule has 0 aliphatic heterocycles. The van der Waals surface area contributed by atoms with Gasteiger partial charge in [0.05, 0.1) is 0 Å². The summed E-state index contributed by atoms with van der Waals surface area (Å²) in [6.45, 7) is 7.53. The van der Waals surface area contributed by atoms with Crippen molar-refractivity contribution in [1.82, 2.24) is 0 Å². The monoisotopic (exact) mass is 240 g/mol. The molecule has 0 nitrogen and oxygen atoms in total. The summed E-state index contributed by atoms with van der Waals surface area (Å²) < 4.78 is 0. The number of hydrogen-bond donors (Lipinski definition) is 0. The van der Waals surface area contributed by atoms with Crippen molar-refractivity contribution < 1.29 is 0 Å². The summed E-state index contributed by atoms with van der Waals surface area (Å²) >= 11 is 0. The van der Waals surface area contributed by atoms with Gasteiger partial charge in [0.2, 0.25) is 0 Å². The third-order valence-electron chi connectivity index (χ3n) is 7.32. The molecule has 0 amide bonds. The first-order chi connectivity index (χ1) is 8.64. The zero-order valence-electron chi connectivity index (χ0n) is 11.9. The van der Waals surface area contributed by atoms with E-state index in [1.54, 1.807) is 5.56 Å². The van der Waals surface area contributed by atoms with Gasteiger partial charge in [0.25, 0.3) is 0 Å². The van der Waals surface area contributed by atoms with Gasteiger partial charge in [-0.05, 0) is 47.5 Å². The minimum absolute atomic E-state index is 0.542. The average molecular weight is 240 g/mol. The number of fused-ring (bicyclic) bond motifs is 4. The van der Waals surface area contributed by atoms with Crippen LogP contribution >= 0.6 is 0 Å². The quantitative estimate of drug-likeness (QED) is 0.712. The van der Waals surface area contributed by atoms with Crippen molar-refractivity contribution in [2.75, 3.05) is 0 Å². The van der Waals surface area contributed by atoms with Gasteiger partial charge >= 0.3 is 0 Å². The normalized spacial score (nSPS) is 51.7. The number of benzene rings is 1. The van der Waals surface area contributed by atoms with E-state index in [9.17, 15) is 0 Å². The lowest BCUT2D eigenvalue weighted by molar-refractivity contribution is -0.0483. The zero-order chi connectivity index (χ0) is 12.6. The van der Waals surface area contributed by atoms with Crippen LogP contribution in [0.1, 0.15) is 52.0 Å². The Balaban J connectivity index is 1.84. The molecule has 0 spiro atoms. The molecular formula is C18H24. The van der Waals surface area contributed by atoms with Gasteiger partial charge in [0, 0.05) is 5.41 Å². The van der Waals surface area contributed by atoms with Gasteiger partial charge in [-0.1, -0.05) is 57.5 Å². The van der Waals surface area contributed by atoms with Crippen LogP contribution in [0.15, 0.2) is 30.3 Å². The Morgan fingerprint density at radius 1 is 1.06 bits per heavy atom. The van der Waals surface area contributed by atoms with Gasteiger partial charge in [-0.3, -0.25) is 0 Å². The molecule has 0 heterocycles.